The Hall–Kier alpha value is -2.35. The SMILES string of the molecule is CCc1nnc(NC(=O)C(=O)N(Cc2ccccc2F)[C@H](C)CC)s1. The number of benzene rings is 1. The number of aryl methyl sites for hydroxylation is 1. The minimum atomic E-state index is -0.796. The van der Waals surface area contributed by atoms with Crippen LogP contribution in [0.15, 0.2) is 24.3 Å². The number of hydrogen-bond donors (Lipinski definition) is 1. The van der Waals surface area contributed by atoms with Crippen LogP contribution in [0.2, 0.25) is 0 Å². The number of carbonyl (C=O) groups excluding carboxylic acids is 2. The van der Waals surface area contributed by atoms with Crippen molar-refractivity contribution < 1.29 is 14.0 Å². The van der Waals surface area contributed by atoms with E-state index in [2.05, 4.69) is 15.5 Å². The number of aromatic nitrogens is 2. The average Bonchev–Trinajstić information content (AvgIpc) is 3.07. The van der Waals surface area contributed by atoms with E-state index in [0.29, 0.717) is 18.4 Å². The van der Waals surface area contributed by atoms with Crippen molar-refractivity contribution in [2.24, 2.45) is 0 Å². The van der Waals surface area contributed by atoms with Crippen molar-refractivity contribution in [3.05, 3.63) is 40.7 Å². The van der Waals surface area contributed by atoms with E-state index in [9.17, 15) is 14.0 Å². The number of nitrogens with one attached hydrogen (secondary N) is 1. The zero-order chi connectivity index (χ0) is 18.4. The molecule has 1 aromatic heterocycles. The third kappa shape index (κ3) is 4.82. The molecule has 0 aliphatic carbocycles. The molecule has 25 heavy (non-hydrogen) atoms. The van der Waals surface area contributed by atoms with E-state index in [-0.39, 0.29) is 17.7 Å². The summed E-state index contributed by atoms with van der Waals surface area (Å²) in [6, 6.07) is 6.02. The first kappa shape index (κ1) is 19.0. The van der Waals surface area contributed by atoms with Crippen LogP contribution in [0, 0.1) is 5.82 Å². The van der Waals surface area contributed by atoms with Gasteiger partial charge in [-0.2, -0.15) is 0 Å². The first-order valence-corrected chi connectivity index (χ1v) is 8.95. The molecule has 2 rings (SSSR count). The molecule has 0 aliphatic rings. The van der Waals surface area contributed by atoms with Gasteiger partial charge in [0.1, 0.15) is 10.8 Å². The molecule has 1 N–H and O–H groups in total. The van der Waals surface area contributed by atoms with Gasteiger partial charge in [0.05, 0.1) is 0 Å². The van der Waals surface area contributed by atoms with Gasteiger partial charge in [-0.1, -0.05) is 43.4 Å². The van der Waals surface area contributed by atoms with E-state index >= 15 is 0 Å². The molecule has 0 saturated heterocycles. The van der Waals surface area contributed by atoms with Crippen molar-refractivity contribution in [2.45, 2.75) is 46.2 Å². The standard InChI is InChI=1S/C17H21FN4O2S/c1-4-11(3)22(10-12-8-6-7-9-13(12)18)16(24)15(23)19-17-21-20-14(5-2)25-17/h6-9,11H,4-5,10H2,1-3H3,(H,19,21,23)/t11-/m1/s1. The fourth-order valence-electron chi connectivity index (χ4n) is 2.19. The molecule has 0 unspecified atom stereocenters. The highest BCUT2D eigenvalue weighted by Crippen LogP contribution is 2.17. The van der Waals surface area contributed by atoms with E-state index in [1.807, 2.05) is 20.8 Å². The van der Waals surface area contributed by atoms with E-state index in [1.165, 1.54) is 22.3 Å². The molecule has 0 aliphatic heterocycles. The van der Waals surface area contributed by atoms with Gasteiger partial charge in [0.25, 0.3) is 0 Å². The minimum absolute atomic E-state index is 0.0320. The van der Waals surface area contributed by atoms with Gasteiger partial charge in [-0.05, 0) is 25.8 Å². The molecule has 8 heteroatoms. The summed E-state index contributed by atoms with van der Waals surface area (Å²) in [6.45, 7) is 5.69. The fourth-order valence-corrected chi connectivity index (χ4v) is 2.86. The maximum Gasteiger partial charge on any atom is 0.315 e. The summed E-state index contributed by atoms with van der Waals surface area (Å²) in [5.41, 5.74) is 0.369. The van der Waals surface area contributed by atoms with Crippen LogP contribution in [0.1, 0.15) is 37.8 Å². The lowest BCUT2D eigenvalue weighted by Gasteiger charge is -2.28. The van der Waals surface area contributed by atoms with Gasteiger partial charge < -0.3 is 4.90 Å². The predicted molar refractivity (Wildman–Crippen MR) is 94.6 cm³/mol. The van der Waals surface area contributed by atoms with Crippen LogP contribution < -0.4 is 5.32 Å². The van der Waals surface area contributed by atoms with Crippen LogP contribution in [0.3, 0.4) is 0 Å². The van der Waals surface area contributed by atoms with Gasteiger partial charge in [-0.15, -0.1) is 10.2 Å². The Morgan fingerprint density at radius 3 is 2.60 bits per heavy atom. The molecule has 0 radical (unpaired) electrons. The van der Waals surface area contributed by atoms with Gasteiger partial charge in [-0.25, -0.2) is 4.39 Å². The van der Waals surface area contributed by atoms with Gasteiger partial charge in [0.2, 0.25) is 5.13 Å². The lowest BCUT2D eigenvalue weighted by atomic mass is 10.1. The summed E-state index contributed by atoms with van der Waals surface area (Å²) in [5.74, 6) is -1.91. The number of nitrogens with zero attached hydrogens (tertiary/aromatic N) is 3. The van der Waals surface area contributed by atoms with Gasteiger partial charge in [0, 0.05) is 18.2 Å². The summed E-state index contributed by atoms with van der Waals surface area (Å²) in [6.07, 6.45) is 1.35. The monoisotopic (exact) mass is 364 g/mol. The summed E-state index contributed by atoms with van der Waals surface area (Å²) >= 11 is 1.23. The number of amides is 2. The van der Waals surface area contributed by atoms with Crippen molar-refractivity contribution in [1.82, 2.24) is 15.1 Å². The van der Waals surface area contributed by atoms with Crippen molar-refractivity contribution in [3.63, 3.8) is 0 Å². The first-order chi connectivity index (χ1) is 12.0. The molecule has 0 saturated carbocycles. The average molecular weight is 364 g/mol. The Bertz CT molecular complexity index is 750. The predicted octanol–water partition coefficient (Wildman–Crippen LogP) is 3.01. The number of halogens is 1. The Kier molecular flexibility index (Phi) is 6.58. The summed E-state index contributed by atoms with van der Waals surface area (Å²) < 4.78 is 13.9. The number of hydrogen-bond acceptors (Lipinski definition) is 5. The van der Waals surface area contributed by atoms with Crippen LogP contribution >= 0.6 is 11.3 Å². The Morgan fingerprint density at radius 1 is 1.28 bits per heavy atom. The fraction of sp³-hybridized carbons (Fsp3) is 0.412. The van der Waals surface area contributed by atoms with Gasteiger partial charge in [-0.3, -0.25) is 14.9 Å². The van der Waals surface area contributed by atoms with Crippen LogP contribution in [0.4, 0.5) is 9.52 Å². The molecule has 0 fully saturated rings. The molecule has 0 bridgehead atoms. The van der Waals surface area contributed by atoms with E-state index in [0.717, 1.165) is 5.01 Å². The quantitative estimate of drug-likeness (QED) is 0.800. The summed E-state index contributed by atoms with van der Waals surface area (Å²) in [4.78, 5) is 26.2. The molecular formula is C17H21FN4O2S. The van der Waals surface area contributed by atoms with Crippen molar-refractivity contribution in [2.75, 3.05) is 5.32 Å². The number of anilines is 1. The Morgan fingerprint density at radius 2 is 2.00 bits per heavy atom. The third-order valence-corrected chi connectivity index (χ3v) is 4.85. The minimum Gasteiger partial charge on any atom is -0.327 e. The van der Waals surface area contributed by atoms with Gasteiger partial charge >= 0.3 is 11.8 Å². The summed E-state index contributed by atoms with van der Waals surface area (Å²) in [7, 11) is 0. The molecule has 1 aromatic carbocycles. The zero-order valence-corrected chi connectivity index (χ0v) is 15.3. The van der Waals surface area contributed by atoms with Crippen LogP contribution in [-0.2, 0) is 22.6 Å². The van der Waals surface area contributed by atoms with Crippen molar-refractivity contribution in [3.8, 4) is 0 Å². The topological polar surface area (TPSA) is 75.2 Å². The maximum atomic E-state index is 13.9. The van der Waals surface area contributed by atoms with Crippen LogP contribution in [0.5, 0.6) is 0 Å². The molecular weight excluding hydrogens is 343 g/mol. The van der Waals surface area contributed by atoms with E-state index in [4.69, 9.17) is 0 Å². The highest BCUT2D eigenvalue weighted by Gasteiger charge is 2.27. The Labute approximate surface area is 150 Å². The molecule has 6 nitrogen and oxygen atoms in total. The zero-order valence-electron chi connectivity index (χ0n) is 14.5. The van der Waals surface area contributed by atoms with Gasteiger partial charge in [0.15, 0.2) is 0 Å². The lowest BCUT2D eigenvalue weighted by Crippen LogP contribution is -2.44. The summed E-state index contributed by atoms with van der Waals surface area (Å²) in [5, 5.41) is 11.3. The lowest BCUT2D eigenvalue weighted by molar-refractivity contribution is -0.145. The molecule has 2 aromatic rings. The second-order valence-corrected chi connectivity index (χ2v) is 6.65. The third-order valence-electron chi connectivity index (χ3n) is 3.87. The largest absolute Gasteiger partial charge is 0.327 e. The van der Waals surface area contributed by atoms with E-state index in [1.54, 1.807) is 18.2 Å². The normalized spacial score (nSPS) is 11.8. The van der Waals surface area contributed by atoms with Crippen LogP contribution in [0.25, 0.3) is 0 Å². The molecule has 0 spiro atoms. The van der Waals surface area contributed by atoms with Crippen molar-refractivity contribution >= 4 is 28.3 Å². The molecule has 1 heterocycles. The maximum absolute atomic E-state index is 13.9. The second-order valence-electron chi connectivity index (χ2n) is 5.59. The molecule has 2 amide bonds. The highest BCUT2D eigenvalue weighted by molar-refractivity contribution is 7.15. The Balaban J connectivity index is 2.14. The number of carbonyl (C=O) groups is 2. The molecule has 134 valence electrons. The smallest absolute Gasteiger partial charge is 0.315 e. The number of rotatable bonds is 6. The molecule has 1 atom stereocenters. The second kappa shape index (κ2) is 8.66. The van der Waals surface area contributed by atoms with Crippen molar-refractivity contribution in [1.29, 1.82) is 0 Å². The highest BCUT2D eigenvalue weighted by atomic mass is 32.1. The van der Waals surface area contributed by atoms with Crippen LogP contribution in [-0.4, -0.2) is 33.0 Å². The van der Waals surface area contributed by atoms with E-state index < -0.39 is 17.6 Å². The first-order valence-electron chi connectivity index (χ1n) is 8.13.